The fraction of sp³-hybridized carbons (Fsp3) is 0.0541. The lowest BCUT2D eigenvalue weighted by Crippen LogP contribution is -2.45. The molecule has 0 saturated carbocycles. The molecule has 7 aromatic rings. The second kappa shape index (κ2) is 9.77. The lowest BCUT2D eigenvalue weighted by atomic mass is 9.94. The molecule has 1 aliphatic heterocycles. The Morgan fingerprint density at radius 2 is 1.24 bits per heavy atom. The Labute approximate surface area is 238 Å². The molecule has 1 aliphatic rings. The minimum atomic E-state index is -0.216. The Bertz CT molecular complexity index is 2060. The van der Waals surface area contributed by atoms with Gasteiger partial charge in [0.15, 0.2) is 0 Å². The molecule has 2 unspecified atom stereocenters. The molecule has 0 radical (unpaired) electrons. The average molecular weight is 530 g/mol. The molecule has 2 atom stereocenters. The molecule has 0 bridgehead atoms. The van der Waals surface area contributed by atoms with Crippen LogP contribution in [0.25, 0.3) is 43.8 Å². The molecule has 6 aromatic carbocycles. The number of amidine groups is 1. The molecule has 0 amide bonds. The Hall–Kier alpha value is -5.19. The molecule has 0 fully saturated rings. The molecule has 0 spiro atoms. The van der Waals surface area contributed by atoms with Gasteiger partial charge in [-0.1, -0.05) is 121 Å². The lowest BCUT2D eigenvalue weighted by molar-refractivity contribution is 0.409. The number of rotatable bonds is 4. The van der Waals surface area contributed by atoms with E-state index in [1.165, 1.54) is 16.3 Å². The van der Waals surface area contributed by atoms with Crippen LogP contribution in [-0.2, 0) is 0 Å². The first kappa shape index (κ1) is 23.7. The molecule has 1 aromatic heterocycles. The van der Waals surface area contributed by atoms with Gasteiger partial charge in [-0.15, -0.1) is 0 Å². The molecular formula is C37H27N3O. The zero-order chi connectivity index (χ0) is 27.2. The summed E-state index contributed by atoms with van der Waals surface area (Å²) >= 11 is 0. The van der Waals surface area contributed by atoms with Gasteiger partial charge < -0.3 is 9.73 Å². The normalized spacial score (nSPS) is 17.0. The maximum atomic E-state index is 6.48. The van der Waals surface area contributed by atoms with Gasteiger partial charge in [0.2, 0.25) is 0 Å². The van der Waals surface area contributed by atoms with Crippen molar-refractivity contribution in [3.8, 4) is 11.1 Å². The molecule has 4 nitrogen and oxygen atoms in total. The van der Waals surface area contributed by atoms with E-state index in [0.29, 0.717) is 0 Å². The quantitative estimate of drug-likeness (QED) is 0.240. The van der Waals surface area contributed by atoms with Crippen LogP contribution in [0.5, 0.6) is 0 Å². The number of aliphatic imine (C=N–C) groups is 1. The van der Waals surface area contributed by atoms with Crippen molar-refractivity contribution in [3.63, 3.8) is 0 Å². The second-order valence-electron chi connectivity index (χ2n) is 10.5. The summed E-state index contributed by atoms with van der Waals surface area (Å²) in [6.07, 6.45) is -0.338. The lowest BCUT2D eigenvalue weighted by Gasteiger charge is -2.32. The minimum Gasteiger partial charge on any atom is -0.456 e. The smallest absolute Gasteiger partial charge is 0.136 e. The zero-order valence-electron chi connectivity index (χ0n) is 22.3. The van der Waals surface area contributed by atoms with Crippen LogP contribution in [0.1, 0.15) is 29.0 Å². The summed E-state index contributed by atoms with van der Waals surface area (Å²) in [7, 11) is 0. The van der Waals surface area contributed by atoms with Gasteiger partial charge >= 0.3 is 0 Å². The van der Waals surface area contributed by atoms with E-state index < -0.39 is 0 Å². The van der Waals surface area contributed by atoms with E-state index in [0.717, 1.165) is 50.0 Å². The highest BCUT2D eigenvalue weighted by atomic mass is 16.3. The topological polar surface area (TPSA) is 49.6 Å². The third-order valence-corrected chi connectivity index (χ3v) is 7.95. The maximum absolute atomic E-state index is 6.48. The number of fused-ring (bicyclic) bond motifs is 4. The van der Waals surface area contributed by atoms with E-state index in [4.69, 9.17) is 9.41 Å². The van der Waals surface area contributed by atoms with Gasteiger partial charge in [0, 0.05) is 16.3 Å². The fourth-order valence-corrected chi connectivity index (χ4v) is 5.99. The summed E-state index contributed by atoms with van der Waals surface area (Å²) in [6.45, 7) is 0. The number of nitrogens with one attached hydrogen (secondary N) is 2. The van der Waals surface area contributed by atoms with Crippen LogP contribution in [0, 0.1) is 0 Å². The van der Waals surface area contributed by atoms with Crippen LogP contribution < -0.4 is 10.6 Å². The number of furan rings is 1. The average Bonchev–Trinajstić information content (AvgIpc) is 3.43. The number of hydrogen-bond donors (Lipinski definition) is 2. The van der Waals surface area contributed by atoms with E-state index in [1.54, 1.807) is 0 Å². The summed E-state index contributed by atoms with van der Waals surface area (Å²) in [6, 6.07) is 48.6. The van der Waals surface area contributed by atoms with Crippen molar-refractivity contribution in [2.75, 3.05) is 0 Å². The van der Waals surface area contributed by atoms with Crippen molar-refractivity contribution in [3.05, 3.63) is 156 Å². The molecule has 8 rings (SSSR count). The number of benzene rings is 6. The van der Waals surface area contributed by atoms with Crippen LogP contribution in [0.4, 0.5) is 0 Å². The van der Waals surface area contributed by atoms with E-state index in [-0.39, 0.29) is 12.3 Å². The van der Waals surface area contributed by atoms with Crippen molar-refractivity contribution in [1.29, 1.82) is 0 Å². The largest absolute Gasteiger partial charge is 0.456 e. The van der Waals surface area contributed by atoms with E-state index >= 15 is 0 Å². The first-order valence-electron chi connectivity index (χ1n) is 14.0. The van der Waals surface area contributed by atoms with Crippen LogP contribution in [0.2, 0.25) is 0 Å². The van der Waals surface area contributed by atoms with Gasteiger partial charge in [0.25, 0.3) is 0 Å². The molecule has 2 heterocycles. The van der Waals surface area contributed by atoms with Crippen LogP contribution in [-0.4, -0.2) is 5.84 Å². The molecule has 196 valence electrons. The third-order valence-electron chi connectivity index (χ3n) is 7.95. The van der Waals surface area contributed by atoms with Crippen LogP contribution in [0.3, 0.4) is 0 Å². The van der Waals surface area contributed by atoms with E-state index in [1.807, 2.05) is 24.3 Å². The summed E-state index contributed by atoms with van der Waals surface area (Å²) in [5.41, 5.74) is 7.28. The number of para-hydroxylation sites is 1. The van der Waals surface area contributed by atoms with Gasteiger partial charge in [0.1, 0.15) is 29.3 Å². The van der Waals surface area contributed by atoms with Gasteiger partial charge in [0.05, 0.1) is 0 Å². The van der Waals surface area contributed by atoms with Crippen molar-refractivity contribution >= 4 is 38.5 Å². The number of hydrogen-bond acceptors (Lipinski definition) is 4. The fourth-order valence-electron chi connectivity index (χ4n) is 5.99. The van der Waals surface area contributed by atoms with Crippen molar-refractivity contribution < 1.29 is 4.42 Å². The van der Waals surface area contributed by atoms with E-state index in [9.17, 15) is 0 Å². The minimum absolute atomic E-state index is 0.122. The molecule has 41 heavy (non-hydrogen) atoms. The first-order valence-corrected chi connectivity index (χ1v) is 14.0. The van der Waals surface area contributed by atoms with Gasteiger partial charge in [-0.25, -0.2) is 4.99 Å². The monoisotopic (exact) mass is 529 g/mol. The Morgan fingerprint density at radius 3 is 2.07 bits per heavy atom. The van der Waals surface area contributed by atoms with Crippen molar-refractivity contribution in [2.24, 2.45) is 4.99 Å². The first-order chi connectivity index (χ1) is 20.3. The van der Waals surface area contributed by atoms with Crippen molar-refractivity contribution in [2.45, 2.75) is 12.3 Å². The summed E-state index contributed by atoms with van der Waals surface area (Å²) < 4.78 is 6.48. The predicted molar refractivity (Wildman–Crippen MR) is 168 cm³/mol. The molecule has 0 aliphatic carbocycles. The third kappa shape index (κ3) is 4.17. The van der Waals surface area contributed by atoms with Gasteiger partial charge in [-0.2, -0.15) is 0 Å². The van der Waals surface area contributed by atoms with Crippen molar-refractivity contribution in [1.82, 2.24) is 10.6 Å². The highest BCUT2D eigenvalue weighted by Gasteiger charge is 2.27. The molecule has 0 saturated heterocycles. The Kier molecular flexibility index (Phi) is 5.64. The summed E-state index contributed by atoms with van der Waals surface area (Å²) in [5.74, 6) is 0.838. The standard InChI is InChI=1S/C37H27N3O/c1-3-13-25(14-4-1)35-38-36(26-15-5-2-6-16-26)40-37(39-35)31-22-27(29-20-11-17-24-12-7-8-18-28(24)29)23-33-34(31)30-19-9-10-21-32(30)41-33/h1-23,35-36,38H,(H,39,40). The van der Waals surface area contributed by atoms with Crippen LogP contribution >= 0.6 is 0 Å². The Morgan fingerprint density at radius 1 is 0.561 bits per heavy atom. The van der Waals surface area contributed by atoms with E-state index in [2.05, 4.69) is 126 Å². The predicted octanol–water partition coefficient (Wildman–Crippen LogP) is 8.74. The molecule has 2 N–H and O–H groups in total. The molecule has 4 heteroatoms. The number of nitrogens with zero attached hydrogens (tertiary/aromatic N) is 1. The second-order valence-corrected chi connectivity index (χ2v) is 10.5. The van der Waals surface area contributed by atoms with Gasteiger partial charge in [-0.3, -0.25) is 5.32 Å². The van der Waals surface area contributed by atoms with Gasteiger partial charge in [-0.05, 0) is 51.2 Å². The highest BCUT2D eigenvalue weighted by molar-refractivity contribution is 6.19. The highest BCUT2D eigenvalue weighted by Crippen LogP contribution is 2.38. The zero-order valence-corrected chi connectivity index (χ0v) is 22.3. The summed E-state index contributed by atoms with van der Waals surface area (Å²) in [5, 5.41) is 12.0. The SMILES string of the molecule is c1ccc(C2N=C(c3cc(-c4cccc5ccccc45)cc4oc5ccccc5c34)NC(c3ccccc3)N2)cc1. The maximum Gasteiger partial charge on any atom is 0.136 e. The Balaban J connectivity index is 1.39. The van der Waals surface area contributed by atoms with Crippen LogP contribution in [0.15, 0.2) is 149 Å². The summed E-state index contributed by atoms with van der Waals surface area (Å²) in [4.78, 5) is 5.28. The molecular weight excluding hydrogens is 502 g/mol.